The zero-order chi connectivity index (χ0) is 26.2. The lowest BCUT2D eigenvalue weighted by molar-refractivity contribution is 0.405. The van der Waals surface area contributed by atoms with Crippen molar-refractivity contribution in [1.82, 2.24) is 30.1 Å². The number of piperidine rings is 1. The van der Waals surface area contributed by atoms with Gasteiger partial charge in [0.1, 0.15) is 11.2 Å². The van der Waals surface area contributed by atoms with E-state index in [1.54, 1.807) is 0 Å². The summed E-state index contributed by atoms with van der Waals surface area (Å²) in [6.07, 6.45) is 17.7. The summed E-state index contributed by atoms with van der Waals surface area (Å²) in [5, 5.41) is 12.5. The third-order valence-electron chi connectivity index (χ3n) is 8.32. The van der Waals surface area contributed by atoms with Crippen LogP contribution in [0, 0.1) is 5.92 Å². The second-order valence-corrected chi connectivity index (χ2v) is 11.0. The number of H-pyrrole nitrogens is 2. The van der Waals surface area contributed by atoms with E-state index in [9.17, 15) is 0 Å². The monoisotopic (exact) mass is 518 g/mol. The minimum absolute atomic E-state index is 0.535. The van der Waals surface area contributed by atoms with Gasteiger partial charge < -0.3 is 15.2 Å². The number of aromatic amines is 2. The van der Waals surface area contributed by atoms with Crippen LogP contribution in [-0.4, -0.2) is 43.2 Å². The number of anilines is 2. The van der Waals surface area contributed by atoms with Crippen LogP contribution < -0.4 is 10.2 Å². The molecule has 0 aromatic carbocycles. The van der Waals surface area contributed by atoms with Gasteiger partial charge in [-0.15, -0.1) is 0 Å². The van der Waals surface area contributed by atoms with Crippen molar-refractivity contribution in [3.63, 3.8) is 0 Å². The Morgan fingerprint density at radius 2 is 1.72 bits per heavy atom. The summed E-state index contributed by atoms with van der Waals surface area (Å²) >= 11 is 0. The Morgan fingerprint density at radius 1 is 0.897 bits per heavy atom. The van der Waals surface area contributed by atoms with Crippen LogP contribution in [0.15, 0.2) is 61.3 Å². The number of hydrogen-bond acceptors (Lipinski definition) is 6. The summed E-state index contributed by atoms with van der Waals surface area (Å²) in [5.74, 6) is 0.535. The van der Waals surface area contributed by atoms with Gasteiger partial charge in [0.05, 0.1) is 52.4 Å². The fourth-order valence-electron chi connectivity index (χ4n) is 6.19. The van der Waals surface area contributed by atoms with Gasteiger partial charge in [-0.1, -0.05) is 25.8 Å². The fourth-order valence-corrected chi connectivity index (χ4v) is 6.19. The number of rotatable bonds is 6. The molecule has 1 saturated carbocycles. The van der Waals surface area contributed by atoms with E-state index in [1.807, 2.05) is 36.9 Å². The molecule has 0 radical (unpaired) electrons. The zero-order valence-electron chi connectivity index (χ0n) is 22.2. The molecule has 1 aliphatic heterocycles. The van der Waals surface area contributed by atoms with Gasteiger partial charge in [0.15, 0.2) is 0 Å². The molecular formula is C31H34N8. The largest absolute Gasteiger partial charge is 0.370 e. The lowest BCUT2D eigenvalue weighted by atomic mass is 9.87. The Balaban J connectivity index is 1.20. The van der Waals surface area contributed by atoms with E-state index >= 15 is 0 Å². The van der Waals surface area contributed by atoms with Crippen LogP contribution in [0.2, 0.25) is 0 Å². The van der Waals surface area contributed by atoms with Gasteiger partial charge in [-0.3, -0.25) is 15.1 Å². The Kier molecular flexibility index (Phi) is 6.23. The van der Waals surface area contributed by atoms with Gasteiger partial charge in [-0.05, 0) is 62.3 Å². The number of hydrogen-bond donors (Lipinski definition) is 3. The first-order valence-corrected chi connectivity index (χ1v) is 14.2. The number of allylic oxidation sites excluding steroid dienone is 1. The highest BCUT2D eigenvalue weighted by molar-refractivity contribution is 5.98. The molecule has 39 heavy (non-hydrogen) atoms. The number of nitrogens with one attached hydrogen (secondary N) is 3. The molecule has 5 aromatic heterocycles. The van der Waals surface area contributed by atoms with Crippen molar-refractivity contribution in [2.75, 3.05) is 23.3 Å². The topological polar surface area (TPSA) is 98.4 Å². The predicted octanol–water partition coefficient (Wildman–Crippen LogP) is 7.06. The molecule has 7 rings (SSSR count). The molecule has 0 bridgehead atoms. The van der Waals surface area contributed by atoms with Crippen molar-refractivity contribution in [3.8, 4) is 22.6 Å². The average molecular weight is 519 g/mol. The van der Waals surface area contributed by atoms with Gasteiger partial charge in [0.2, 0.25) is 0 Å². The molecule has 1 aliphatic carbocycles. The Morgan fingerprint density at radius 3 is 2.59 bits per heavy atom. The first-order chi connectivity index (χ1) is 19.2. The highest BCUT2D eigenvalue weighted by Gasteiger charge is 2.19. The molecule has 8 nitrogen and oxygen atoms in total. The maximum absolute atomic E-state index is 5.04. The molecular weight excluding hydrogens is 484 g/mol. The van der Waals surface area contributed by atoms with Crippen LogP contribution in [-0.2, 0) is 0 Å². The van der Waals surface area contributed by atoms with Gasteiger partial charge in [0.25, 0.3) is 0 Å². The molecule has 0 atom stereocenters. The van der Waals surface area contributed by atoms with Crippen molar-refractivity contribution in [2.24, 2.45) is 5.92 Å². The Labute approximate surface area is 228 Å². The summed E-state index contributed by atoms with van der Waals surface area (Å²) < 4.78 is 0. The molecule has 8 heteroatoms. The molecule has 0 unspecified atom stereocenters. The van der Waals surface area contributed by atoms with E-state index in [2.05, 4.69) is 54.1 Å². The number of aromatic nitrogens is 6. The van der Waals surface area contributed by atoms with Gasteiger partial charge >= 0.3 is 0 Å². The molecule has 0 spiro atoms. The molecule has 2 fully saturated rings. The van der Waals surface area contributed by atoms with Crippen LogP contribution in [0.1, 0.15) is 51.4 Å². The highest BCUT2D eigenvalue weighted by Crippen LogP contribution is 2.34. The van der Waals surface area contributed by atoms with E-state index in [0.717, 1.165) is 63.7 Å². The molecule has 3 N–H and O–H groups in total. The molecule has 6 heterocycles. The third kappa shape index (κ3) is 4.64. The molecule has 2 aliphatic rings. The number of nitrogens with zero attached hydrogens (tertiary/aromatic N) is 5. The van der Waals surface area contributed by atoms with Crippen LogP contribution in [0.5, 0.6) is 0 Å². The van der Waals surface area contributed by atoms with Crippen LogP contribution in [0.25, 0.3) is 44.6 Å². The number of pyridine rings is 3. The minimum Gasteiger partial charge on any atom is -0.370 e. The Bertz CT molecular complexity index is 1640. The van der Waals surface area contributed by atoms with Gasteiger partial charge in [-0.25, -0.2) is 4.98 Å². The maximum atomic E-state index is 5.04. The smallest absolute Gasteiger partial charge is 0.135 e. The molecule has 5 aromatic rings. The minimum atomic E-state index is 0.535. The first kappa shape index (κ1) is 23.9. The lowest BCUT2D eigenvalue weighted by Gasteiger charge is -2.28. The van der Waals surface area contributed by atoms with Crippen LogP contribution in [0.3, 0.4) is 0 Å². The second-order valence-electron chi connectivity index (χ2n) is 11.0. The maximum Gasteiger partial charge on any atom is 0.135 e. The normalized spacial score (nSPS) is 16.7. The Hall–Kier alpha value is -4.20. The van der Waals surface area contributed by atoms with Crippen LogP contribution in [0.4, 0.5) is 11.4 Å². The van der Waals surface area contributed by atoms with E-state index in [4.69, 9.17) is 4.98 Å². The number of fused-ring (bicyclic) bond motifs is 2. The molecule has 0 amide bonds. The standard InChI is InChI=1S/C31H34N8/c1-20(21-8-4-2-5-9-21)34-23-14-22(16-32-17-23)25-10-11-26-30(36-25)31(38-37-26)27-15-24-28(35-27)18-33-19-29(24)39-12-6-3-7-13-39/h10-11,14-19,21,34-35H,1-9,12-13H2,(H,37,38). The first-order valence-electron chi connectivity index (χ1n) is 14.2. The average Bonchev–Trinajstić information content (AvgIpc) is 3.62. The summed E-state index contributed by atoms with van der Waals surface area (Å²) in [7, 11) is 0. The molecule has 1 saturated heterocycles. The second kappa shape index (κ2) is 10.2. The summed E-state index contributed by atoms with van der Waals surface area (Å²) in [5.41, 5.74) is 9.53. The van der Waals surface area contributed by atoms with Crippen molar-refractivity contribution in [2.45, 2.75) is 51.4 Å². The van der Waals surface area contributed by atoms with E-state index in [-0.39, 0.29) is 0 Å². The van der Waals surface area contributed by atoms with E-state index < -0.39 is 0 Å². The summed E-state index contributed by atoms with van der Waals surface area (Å²) in [4.78, 5) is 20.1. The van der Waals surface area contributed by atoms with Gasteiger partial charge in [0, 0.05) is 35.9 Å². The third-order valence-corrected chi connectivity index (χ3v) is 8.32. The van der Waals surface area contributed by atoms with Crippen molar-refractivity contribution >= 4 is 33.3 Å². The van der Waals surface area contributed by atoms with E-state index in [0.29, 0.717) is 5.92 Å². The SMILES string of the molecule is C=C(Nc1cncc(-c2ccc3[nH]nc(-c4cc5c(N6CCCCC6)cncc5[nH]4)c3n2)c1)C1CCCCC1. The van der Waals surface area contributed by atoms with Crippen molar-refractivity contribution in [1.29, 1.82) is 0 Å². The highest BCUT2D eigenvalue weighted by atomic mass is 15.1. The van der Waals surface area contributed by atoms with E-state index in [1.165, 1.54) is 62.4 Å². The fraction of sp³-hybridized carbons (Fsp3) is 0.355. The summed E-state index contributed by atoms with van der Waals surface area (Å²) in [6.45, 7) is 6.49. The summed E-state index contributed by atoms with van der Waals surface area (Å²) in [6, 6.07) is 8.35. The predicted molar refractivity (Wildman–Crippen MR) is 158 cm³/mol. The quantitative estimate of drug-likeness (QED) is 0.223. The molecule has 198 valence electrons. The lowest BCUT2D eigenvalue weighted by Crippen LogP contribution is -2.29. The van der Waals surface area contributed by atoms with Crippen LogP contribution >= 0.6 is 0 Å². The zero-order valence-corrected chi connectivity index (χ0v) is 22.2. The van der Waals surface area contributed by atoms with Gasteiger partial charge in [-0.2, -0.15) is 5.10 Å². The van der Waals surface area contributed by atoms with Crippen molar-refractivity contribution < 1.29 is 0 Å². The van der Waals surface area contributed by atoms with Crippen molar-refractivity contribution in [3.05, 3.63) is 61.3 Å².